The number of hydrogen-bond donors (Lipinski definition) is 3. The van der Waals surface area contributed by atoms with Crippen LogP contribution in [-0.4, -0.2) is 60.8 Å². The van der Waals surface area contributed by atoms with Crippen molar-refractivity contribution < 1.29 is 19.7 Å². The molecule has 1 aliphatic carbocycles. The van der Waals surface area contributed by atoms with E-state index < -0.39 is 24.5 Å². The van der Waals surface area contributed by atoms with Crippen molar-refractivity contribution in [3.8, 4) is 0 Å². The van der Waals surface area contributed by atoms with Gasteiger partial charge in [-0.2, -0.15) is 0 Å². The molecule has 4 rings (SSSR count). The quantitative estimate of drug-likeness (QED) is 0.703. The van der Waals surface area contributed by atoms with Gasteiger partial charge >= 0.3 is 0 Å². The van der Waals surface area contributed by atoms with Crippen molar-refractivity contribution >= 4 is 17.0 Å². The molecule has 0 bridgehead atoms. The van der Waals surface area contributed by atoms with Gasteiger partial charge in [0.1, 0.15) is 30.2 Å². The zero-order valence-electron chi connectivity index (χ0n) is 13.3. The molecule has 4 unspecified atom stereocenters. The van der Waals surface area contributed by atoms with Gasteiger partial charge in [0.15, 0.2) is 17.7 Å². The molecule has 2 aromatic rings. The zero-order valence-corrected chi connectivity index (χ0v) is 13.3. The summed E-state index contributed by atoms with van der Waals surface area (Å²) in [7, 11) is 0. The molecule has 4 N–H and O–H groups in total. The maximum absolute atomic E-state index is 10.5. The molecule has 0 aromatic carbocycles. The van der Waals surface area contributed by atoms with Crippen LogP contribution in [0.3, 0.4) is 0 Å². The van der Waals surface area contributed by atoms with Crippen molar-refractivity contribution in [1.29, 1.82) is 0 Å². The first-order chi connectivity index (χ1) is 11.6. The number of nitrogen functional groups attached to an aromatic ring is 1. The number of hydrogen-bond acceptors (Lipinski definition) is 8. The first-order valence-electron chi connectivity index (χ1n) is 8.13. The predicted molar refractivity (Wildman–Crippen MR) is 83.8 cm³/mol. The van der Waals surface area contributed by atoms with Gasteiger partial charge in [-0.15, -0.1) is 0 Å². The third-order valence-corrected chi connectivity index (χ3v) is 5.03. The molecular weight excluding hydrogens is 314 g/mol. The van der Waals surface area contributed by atoms with Crippen molar-refractivity contribution in [1.82, 2.24) is 19.5 Å². The van der Waals surface area contributed by atoms with Crippen LogP contribution in [0.1, 0.15) is 26.0 Å². The molecule has 9 heteroatoms. The van der Waals surface area contributed by atoms with E-state index in [2.05, 4.69) is 21.9 Å². The highest BCUT2D eigenvalue weighted by Gasteiger charge is 2.48. The van der Waals surface area contributed by atoms with Crippen LogP contribution in [0.15, 0.2) is 12.7 Å². The minimum absolute atomic E-state index is 0.0858. The van der Waals surface area contributed by atoms with Crippen LogP contribution in [0.2, 0.25) is 0 Å². The van der Waals surface area contributed by atoms with Crippen molar-refractivity contribution in [3.05, 3.63) is 12.7 Å². The Hall–Kier alpha value is -1.81. The lowest BCUT2D eigenvalue weighted by Crippen LogP contribution is -2.42. The second-order valence-electron chi connectivity index (χ2n) is 6.52. The van der Waals surface area contributed by atoms with E-state index in [1.807, 2.05) is 0 Å². The number of anilines is 1. The molecule has 0 amide bonds. The highest BCUT2D eigenvalue weighted by molar-refractivity contribution is 5.81. The van der Waals surface area contributed by atoms with Crippen molar-refractivity contribution in [2.45, 2.75) is 50.4 Å². The number of nitrogens with zero attached hydrogens (tertiary/aromatic N) is 4. The van der Waals surface area contributed by atoms with Gasteiger partial charge in [0.2, 0.25) is 0 Å². The van der Waals surface area contributed by atoms with Gasteiger partial charge in [0, 0.05) is 0 Å². The normalized spacial score (nSPS) is 36.1. The number of aliphatic hydroxyl groups excluding tert-OH is 2. The summed E-state index contributed by atoms with van der Waals surface area (Å²) in [5.74, 6) is 0.726. The maximum Gasteiger partial charge on any atom is 0.167 e. The lowest BCUT2D eigenvalue weighted by atomic mass is 9.83. The number of aromatic nitrogens is 4. The SMILES string of the molecule is CC1CCC1OC1C(O)[C@@H](CO)O[C@H]1n1cnc2c(N)ncnc21. The summed E-state index contributed by atoms with van der Waals surface area (Å²) in [4.78, 5) is 12.4. The van der Waals surface area contributed by atoms with Gasteiger partial charge in [-0.25, -0.2) is 15.0 Å². The third-order valence-electron chi connectivity index (χ3n) is 5.03. The first kappa shape index (κ1) is 15.7. The molecule has 1 saturated carbocycles. The average molecular weight is 335 g/mol. The number of nitrogens with two attached hydrogens (primary N) is 1. The summed E-state index contributed by atoms with van der Waals surface area (Å²) >= 11 is 0. The van der Waals surface area contributed by atoms with Crippen LogP contribution < -0.4 is 5.73 Å². The molecule has 24 heavy (non-hydrogen) atoms. The van der Waals surface area contributed by atoms with Gasteiger partial charge in [-0.05, 0) is 18.8 Å². The maximum atomic E-state index is 10.5. The summed E-state index contributed by atoms with van der Waals surface area (Å²) in [5.41, 5.74) is 6.80. The minimum Gasteiger partial charge on any atom is -0.394 e. The second kappa shape index (κ2) is 5.92. The van der Waals surface area contributed by atoms with E-state index in [4.69, 9.17) is 15.2 Å². The first-order valence-corrected chi connectivity index (χ1v) is 8.13. The Morgan fingerprint density at radius 3 is 2.88 bits per heavy atom. The molecule has 3 heterocycles. The second-order valence-corrected chi connectivity index (χ2v) is 6.52. The van der Waals surface area contributed by atoms with Gasteiger partial charge in [0.05, 0.1) is 19.0 Å². The van der Waals surface area contributed by atoms with Crippen LogP contribution in [-0.2, 0) is 9.47 Å². The molecule has 2 fully saturated rings. The number of rotatable bonds is 4. The largest absolute Gasteiger partial charge is 0.394 e. The molecule has 0 spiro atoms. The summed E-state index contributed by atoms with van der Waals surface area (Å²) in [6.07, 6.45) is 2.18. The van der Waals surface area contributed by atoms with E-state index >= 15 is 0 Å². The summed E-state index contributed by atoms with van der Waals surface area (Å²) in [5, 5.41) is 20.0. The van der Waals surface area contributed by atoms with Gasteiger partial charge in [-0.3, -0.25) is 4.57 Å². The monoisotopic (exact) mass is 335 g/mol. The molecule has 2 aliphatic rings. The Balaban J connectivity index is 1.68. The predicted octanol–water partition coefficient (Wildman–Crippen LogP) is -0.157. The molecular formula is C15H21N5O4. The Labute approximate surface area is 138 Å². The van der Waals surface area contributed by atoms with Crippen molar-refractivity contribution in [2.75, 3.05) is 12.3 Å². The molecule has 2 aromatic heterocycles. The lowest BCUT2D eigenvalue weighted by molar-refractivity contribution is -0.140. The Morgan fingerprint density at radius 2 is 2.21 bits per heavy atom. The van der Waals surface area contributed by atoms with Crippen molar-refractivity contribution in [2.24, 2.45) is 5.92 Å². The third kappa shape index (κ3) is 2.35. The molecule has 9 nitrogen and oxygen atoms in total. The Kier molecular flexibility index (Phi) is 3.87. The standard InChI is InChI=1S/C15H21N5O4/c1-7-2-3-8(7)23-12-11(22)9(4-21)24-15(12)20-6-19-10-13(16)17-5-18-14(10)20/h5-9,11-12,15,21-22H,2-4H2,1H3,(H2,16,17,18)/t7?,8?,9-,11?,12?,15-/m1/s1. The fraction of sp³-hybridized carbons (Fsp3) is 0.667. The number of ether oxygens (including phenoxy) is 2. The molecule has 130 valence electrons. The smallest absolute Gasteiger partial charge is 0.167 e. The highest BCUT2D eigenvalue weighted by Crippen LogP contribution is 2.38. The van der Waals surface area contributed by atoms with Crippen LogP contribution in [0, 0.1) is 5.92 Å². The van der Waals surface area contributed by atoms with E-state index in [1.165, 1.54) is 6.33 Å². The molecule has 0 radical (unpaired) electrons. The van der Waals surface area contributed by atoms with E-state index in [1.54, 1.807) is 10.9 Å². The van der Waals surface area contributed by atoms with Crippen LogP contribution in [0.4, 0.5) is 5.82 Å². The van der Waals surface area contributed by atoms with Crippen LogP contribution >= 0.6 is 0 Å². The average Bonchev–Trinajstić information content (AvgIpc) is 3.13. The fourth-order valence-corrected chi connectivity index (χ4v) is 3.34. The van der Waals surface area contributed by atoms with E-state index in [-0.39, 0.29) is 18.5 Å². The van der Waals surface area contributed by atoms with Crippen LogP contribution in [0.5, 0.6) is 0 Å². The van der Waals surface area contributed by atoms with Crippen molar-refractivity contribution in [3.63, 3.8) is 0 Å². The van der Waals surface area contributed by atoms with E-state index in [0.717, 1.165) is 12.8 Å². The van der Waals surface area contributed by atoms with Gasteiger partial charge in [0.25, 0.3) is 0 Å². The van der Waals surface area contributed by atoms with E-state index in [9.17, 15) is 10.2 Å². The van der Waals surface area contributed by atoms with Crippen LogP contribution in [0.25, 0.3) is 11.2 Å². The van der Waals surface area contributed by atoms with Gasteiger partial charge in [-0.1, -0.05) is 6.92 Å². The van der Waals surface area contributed by atoms with E-state index in [0.29, 0.717) is 17.1 Å². The number of aliphatic hydroxyl groups is 2. The highest BCUT2D eigenvalue weighted by atomic mass is 16.6. The Morgan fingerprint density at radius 1 is 1.38 bits per heavy atom. The fourth-order valence-electron chi connectivity index (χ4n) is 3.34. The summed E-state index contributed by atoms with van der Waals surface area (Å²) in [6.45, 7) is 1.83. The Bertz CT molecular complexity index is 738. The zero-order chi connectivity index (χ0) is 16.8. The molecule has 1 aliphatic heterocycles. The molecule has 6 atom stereocenters. The molecule has 1 saturated heterocycles. The number of fused-ring (bicyclic) bond motifs is 1. The van der Waals surface area contributed by atoms with Gasteiger partial charge < -0.3 is 25.4 Å². The summed E-state index contributed by atoms with van der Waals surface area (Å²) in [6, 6.07) is 0. The summed E-state index contributed by atoms with van der Waals surface area (Å²) < 4.78 is 13.6. The topological polar surface area (TPSA) is 129 Å². The lowest BCUT2D eigenvalue weighted by Gasteiger charge is -2.37. The number of imidazole rings is 1. The minimum atomic E-state index is -0.926.